The molecule has 0 aliphatic carbocycles. The van der Waals surface area contributed by atoms with Gasteiger partial charge in [0.1, 0.15) is 0 Å². The van der Waals surface area contributed by atoms with E-state index in [9.17, 15) is 26.3 Å². The predicted molar refractivity (Wildman–Crippen MR) is 69.8 cm³/mol. The first-order valence-electron chi connectivity index (χ1n) is 6.49. The van der Waals surface area contributed by atoms with Gasteiger partial charge in [-0.1, -0.05) is 0 Å². The fraction of sp³-hybridized carbons (Fsp3) is 0.250. The first-order chi connectivity index (χ1) is 10.5. The van der Waals surface area contributed by atoms with Crippen LogP contribution in [-0.2, 0) is 12.4 Å². The summed E-state index contributed by atoms with van der Waals surface area (Å²) in [5, 5.41) is 0. The lowest BCUT2D eigenvalue weighted by molar-refractivity contribution is -0.598. The Labute approximate surface area is 139 Å². The molecular weight excluding hydrogens is 433 g/mol. The first-order valence-corrected chi connectivity index (χ1v) is 8.65. The van der Waals surface area contributed by atoms with Crippen molar-refractivity contribution in [1.29, 1.82) is 0 Å². The summed E-state index contributed by atoms with van der Waals surface area (Å²) < 4.78 is 77.4. The van der Waals surface area contributed by atoms with Gasteiger partial charge in [-0.05, 0) is 50.2 Å². The largest absolute Gasteiger partial charge is 0.416 e. The van der Waals surface area contributed by atoms with Gasteiger partial charge in [0.15, 0.2) is 7.14 Å². The molecule has 0 spiro atoms. The maximum Gasteiger partial charge on any atom is 0.416 e. The molecule has 0 saturated heterocycles. The van der Waals surface area contributed by atoms with Crippen molar-refractivity contribution in [2.75, 3.05) is 0 Å². The lowest BCUT2D eigenvalue weighted by Gasteiger charge is -2.08. The zero-order chi connectivity index (χ0) is 17.4. The van der Waals surface area contributed by atoms with E-state index in [0.717, 1.165) is 31.4 Å². The molecule has 0 N–H and O–H groups in total. The molecule has 0 heterocycles. The Balaban J connectivity index is 2.30. The minimum absolute atomic E-state index is 0.506. The Hall–Kier alpha value is -1.25. The average molecular weight is 445 g/mol. The fourth-order valence-electron chi connectivity index (χ4n) is 1.96. The summed E-state index contributed by atoms with van der Waals surface area (Å²) in [6.45, 7) is 3.17. The monoisotopic (exact) mass is 445 g/mol. The topological polar surface area (TPSA) is 0 Å². The summed E-state index contributed by atoms with van der Waals surface area (Å²) >= 11 is -0.848. The van der Waals surface area contributed by atoms with Crippen LogP contribution in [0.1, 0.15) is 22.3 Å². The van der Waals surface area contributed by atoms with Crippen LogP contribution in [0.15, 0.2) is 36.4 Å². The summed E-state index contributed by atoms with van der Waals surface area (Å²) in [5.74, 6) is 0. The molecule has 0 fully saturated rings. The SMILES string of the molecule is Cc1cc(C(F)(F)F)ccc1[I+]c1ccc(C(F)(F)F)cc1C. The number of hydrogen-bond donors (Lipinski definition) is 0. The Bertz CT molecular complexity index is 654. The highest BCUT2D eigenvalue weighted by atomic mass is 127. The smallest absolute Gasteiger partial charge is 0.166 e. The van der Waals surface area contributed by atoms with Gasteiger partial charge in [0.25, 0.3) is 0 Å². The molecule has 0 saturated carbocycles. The Morgan fingerprint density at radius 3 is 1.26 bits per heavy atom. The highest BCUT2D eigenvalue weighted by Gasteiger charge is 2.34. The lowest BCUT2D eigenvalue weighted by Crippen LogP contribution is -3.62. The Morgan fingerprint density at radius 1 is 0.652 bits per heavy atom. The van der Waals surface area contributed by atoms with Crippen molar-refractivity contribution < 1.29 is 47.5 Å². The van der Waals surface area contributed by atoms with E-state index in [-0.39, 0.29) is 0 Å². The van der Waals surface area contributed by atoms with E-state index in [1.807, 2.05) is 0 Å². The molecule has 2 rings (SSSR count). The molecule has 0 aromatic heterocycles. The average Bonchev–Trinajstić information content (AvgIpc) is 2.40. The van der Waals surface area contributed by atoms with Crippen LogP contribution in [0.5, 0.6) is 0 Å². The molecule has 124 valence electrons. The van der Waals surface area contributed by atoms with Gasteiger partial charge in [-0.3, -0.25) is 0 Å². The van der Waals surface area contributed by atoms with E-state index < -0.39 is 44.7 Å². The molecule has 2 aromatic rings. The minimum atomic E-state index is -4.40. The highest BCUT2D eigenvalue weighted by molar-refractivity contribution is 5.26. The first kappa shape index (κ1) is 18.1. The number of aryl methyl sites for hydroxylation is 2. The molecule has 0 aliphatic rings. The second-order valence-corrected chi connectivity index (χ2v) is 7.88. The Kier molecular flexibility index (Phi) is 4.98. The summed E-state index contributed by atoms with van der Waals surface area (Å²) in [4.78, 5) is 0. The maximum absolute atomic E-state index is 12.6. The summed E-state index contributed by atoms with van der Waals surface area (Å²) in [7, 11) is 0. The van der Waals surface area contributed by atoms with Crippen molar-refractivity contribution in [3.63, 3.8) is 0 Å². The van der Waals surface area contributed by atoms with Gasteiger partial charge in [0, 0.05) is 11.1 Å². The van der Waals surface area contributed by atoms with Gasteiger partial charge in [0.05, 0.1) is 11.1 Å². The molecule has 23 heavy (non-hydrogen) atoms. The number of hydrogen-bond acceptors (Lipinski definition) is 0. The van der Waals surface area contributed by atoms with E-state index in [2.05, 4.69) is 0 Å². The zero-order valence-electron chi connectivity index (χ0n) is 12.1. The van der Waals surface area contributed by atoms with E-state index in [1.54, 1.807) is 13.8 Å². The number of halogens is 7. The number of rotatable bonds is 2. The minimum Gasteiger partial charge on any atom is -0.166 e. The second-order valence-electron chi connectivity index (χ2n) is 5.02. The van der Waals surface area contributed by atoms with E-state index >= 15 is 0 Å². The van der Waals surface area contributed by atoms with Crippen LogP contribution in [0, 0.1) is 21.0 Å². The van der Waals surface area contributed by atoms with Gasteiger partial charge < -0.3 is 0 Å². The normalized spacial score (nSPS) is 12.5. The van der Waals surface area contributed by atoms with Crippen LogP contribution < -0.4 is 21.2 Å². The van der Waals surface area contributed by atoms with Crippen molar-refractivity contribution in [1.82, 2.24) is 0 Å². The second kappa shape index (κ2) is 6.33. The molecule has 0 bridgehead atoms. The molecule has 7 heteroatoms. The predicted octanol–water partition coefficient (Wildman–Crippen LogP) is 2.47. The van der Waals surface area contributed by atoms with Crippen molar-refractivity contribution in [2.24, 2.45) is 0 Å². The molecule has 0 aliphatic heterocycles. The van der Waals surface area contributed by atoms with Gasteiger partial charge in [-0.2, -0.15) is 26.3 Å². The zero-order valence-corrected chi connectivity index (χ0v) is 14.3. The van der Waals surface area contributed by atoms with Crippen molar-refractivity contribution in [3.05, 3.63) is 65.8 Å². The van der Waals surface area contributed by atoms with Gasteiger partial charge in [-0.15, -0.1) is 0 Å². The molecule has 0 radical (unpaired) electrons. The molecule has 2 aromatic carbocycles. The summed E-state index contributed by atoms with van der Waals surface area (Å²) in [5.41, 5.74) is -0.419. The number of benzene rings is 2. The molecule has 0 nitrogen and oxygen atoms in total. The quantitative estimate of drug-likeness (QED) is 0.493. The van der Waals surface area contributed by atoms with E-state index in [1.165, 1.54) is 12.1 Å². The standard InChI is InChI=1S/C16H12F6I/c1-9-7-11(15(17,18)19)3-5-13(9)23-14-6-4-12(8-10(14)2)16(20,21)22/h3-8H,1-2H3/q+1. The van der Waals surface area contributed by atoms with Crippen molar-refractivity contribution in [3.8, 4) is 0 Å². The third-order valence-electron chi connectivity index (χ3n) is 3.17. The van der Waals surface area contributed by atoms with Crippen molar-refractivity contribution >= 4 is 0 Å². The van der Waals surface area contributed by atoms with Crippen molar-refractivity contribution in [2.45, 2.75) is 26.2 Å². The van der Waals surface area contributed by atoms with Crippen LogP contribution in [0.3, 0.4) is 0 Å². The summed E-state index contributed by atoms with van der Waals surface area (Å²) in [6, 6.07) is 7.02. The third kappa shape index (κ3) is 4.39. The fourth-order valence-corrected chi connectivity index (χ4v) is 4.47. The van der Waals surface area contributed by atoms with Crippen LogP contribution in [0.4, 0.5) is 26.3 Å². The number of alkyl halides is 6. The summed E-state index contributed by atoms with van der Waals surface area (Å²) in [6.07, 6.45) is -8.79. The molecule has 0 atom stereocenters. The molecular formula is C16H12F6I+. The van der Waals surface area contributed by atoms with Gasteiger partial charge in [-0.25, -0.2) is 0 Å². The lowest BCUT2D eigenvalue weighted by atomic mass is 10.1. The Morgan fingerprint density at radius 2 is 1.00 bits per heavy atom. The third-order valence-corrected chi connectivity index (χ3v) is 6.76. The van der Waals surface area contributed by atoms with Crippen LogP contribution >= 0.6 is 0 Å². The van der Waals surface area contributed by atoms with Crippen LogP contribution in [0.2, 0.25) is 0 Å². The van der Waals surface area contributed by atoms with E-state index in [0.29, 0.717) is 11.1 Å². The molecule has 0 unspecified atom stereocenters. The van der Waals surface area contributed by atoms with Crippen LogP contribution in [0.25, 0.3) is 0 Å². The maximum atomic E-state index is 12.6. The van der Waals surface area contributed by atoms with Crippen LogP contribution in [-0.4, -0.2) is 0 Å². The van der Waals surface area contributed by atoms with Gasteiger partial charge >= 0.3 is 33.6 Å². The van der Waals surface area contributed by atoms with Gasteiger partial charge in [0.2, 0.25) is 0 Å². The molecule has 0 amide bonds. The van der Waals surface area contributed by atoms with E-state index in [4.69, 9.17) is 0 Å². The highest BCUT2D eigenvalue weighted by Crippen LogP contribution is 2.30.